The standard InChI is InChI=1S/C18H21N7O/c1-23-11-8-19-17(18(23)26)24-9-6-13(7-10-24)16-21-20-15-5-4-14(12-2-3-12)22-25(15)16/h4-5,8,11-13H,2-3,6-7,9-10H2,1H3. The Morgan fingerprint density at radius 1 is 1.04 bits per heavy atom. The number of anilines is 1. The predicted octanol–water partition coefficient (Wildman–Crippen LogP) is 1.48. The minimum absolute atomic E-state index is 0.0466. The lowest BCUT2D eigenvalue weighted by Crippen LogP contribution is -2.38. The van der Waals surface area contributed by atoms with Gasteiger partial charge in [0.2, 0.25) is 0 Å². The molecule has 0 amide bonds. The van der Waals surface area contributed by atoms with Gasteiger partial charge in [-0.15, -0.1) is 10.2 Å². The molecule has 8 nitrogen and oxygen atoms in total. The first-order valence-corrected chi connectivity index (χ1v) is 9.19. The monoisotopic (exact) mass is 351 g/mol. The van der Waals surface area contributed by atoms with E-state index in [0.29, 0.717) is 17.7 Å². The molecule has 1 saturated heterocycles. The molecule has 0 radical (unpaired) electrons. The minimum Gasteiger partial charge on any atom is -0.352 e. The Balaban J connectivity index is 1.38. The van der Waals surface area contributed by atoms with Crippen LogP contribution in [0.3, 0.4) is 0 Å². The van der Waals surface area contributed by atoms with Crippen LogP contribution in [-0.4, -0.2) is 42.5 Å². The first-order valence-electron chi connectivity index (χ1n) is 9.19. The van der Waals surface area contributed by atoms with Crippen LogP contribution in [0.5, 0.6) is 0 Å². The van der Waals surface area contributed by atoms with Gasteiger partial charge in [-0.05, 0) is 37.8 Å². The normalized spacial score (nSPS) is 18.6. The van der Waals surface area contributed by atoms with Crippen molar-refractivity contribution in [2.24, 2.45) is 7.05 Å². The summed E-state index contributed by atoms with van der Waals surface area (Å²) in [7, 11) is 1.76. The van der Waals surface area contributed by atoms with Crippen LogP contribution in [0.15, 0.2) is 29.3 Å². The van der Waals surface area contributed by atoms with E-state index in [-0.39, 0.29) is 5.56 Å². The zero-order chi connectivity index (χ0) is 17.7. The van der Waals surface area contributed by atoms with E-state index >= 15 is 0 Å². The molecule has 5 rings (SSSR count). The van der Waals surface area contributed by atoms with E-state index in [2.05, 4.69) is 26.1 Å². The topological polar surface area (TPSA) is 81.2 Å². The molecular weight excluding hydrogens is 330 g/mol. The van der Waals surface area contributed by atoms with Crippen molar-refractivity contribution in [1.82, 2.24) is 29.4 Å². The van der Waals surface area contributed by atoms with Crippen molar-refractivity contribution < 1.29 is 0 Å². The first-order chi connectivity index (χ1) is 12.7. The molecule has 0 bridgehead atoms. The first kappa shape index (κ1) is 15.5. The van der Waals surface area contributed by atoms with Crippen LogP contribution in [0, 0.1) is 0 Å². The Morgan fingerprint density at radius 2 is 1.85 bits per heavy atom. The fourth-order valence-electron chi connectivity index (χ4n) is 3.72. The van der Waals surface area contributed by atoms with Gasteiger partial charge in [-0.2, -0.15) is 9.61 Å². The number of hydrogen-bond acceptors (Lipinski definition) is 6. The molecule has 134 valence electrons. The highest BCUT2D eigenvalue weighted by atomic mass is 16.1. The van der Waals surface area contributed by atoms with Crippen LogP contribution < -0.4 is 10.5 Å². The average molecular weight is 351 g/mol. The molecule has 0 unspecified atom stereocenters. The van der Waals surface area contributed by atoms with Crippen LogP contribution in [0.1, 0.15) is 49.0 Å². The summed E-state index contributed by atoms with van der Waals surface area (Å²) < 4.78 is 3.50. The average Bonchev–Trinajstić information content (AvgIpc) is 3.44. The molecule has 0 aromatic carbocycles. The highest BCUT2D eigenvalue weighted by molar-refractivity contribution is 5.39. The number of nitrogens with zero attached hydrogens (tertiary/aromatic N) is 7. The van der Waals surface area contributed by atoms with Crippen LogP contribution in [0.4, 0.5) is 5.82 Å². The van der Waals surface area contributed by atoms with Gasteiger partial charge >= 0.3 is 0 Å². The minimum atomic E-state index is -0.0466. The van der Waals surface area contributed by atoms with Gasteiger partial charge in [0.25, 0.3) is 5.56 Å². The molecule has 8 heteroatoms. The van der Waals surface area contributed by atoms with Gasteiger partial charge in [0.1, 0.15) is 0 Å². The Kier molecular flexibility index (Phi) is 3.51. The maximum absolute atomic E-state index is 12.3. The van der Waals surface area contributed by atoms with E-state index in [4.69, 9.17) is 5.10 Å². The molecule has 2 aliphatic rings. The summed E-state index contributed by atoms with van der Waals surface area (Å²) in [6.07, 6.45) is 7.65. The van der Waals surface area contributed by atoms with Crippen LogP contribution in [-0.2, 0) is 7.05 Å². The smallest absolute Gasteiger partial charge is 0.293 e. The molecule has 4 heterocycles. The van der Waals surface area contributed by atoms with Gasteiger partial charge in [-0.25, -0.2) is 4.98 Å². The third-order valence-electron chi connectivity index (χ3n) is 5.46. The predicted molar refractivity (Wildman–Crippen MR) is 96.4 cm³/mol. The van der Waals surface area contributed by atoms with E-state index in [1.54, 1.807) is 24.0 Å². The van der Waals surface area contributed by atoms with Crippen LogP contribution in [0.2, 0.25) is 0 Å². The summed E-state index contributed by atoms with van der Waals surface area (Å²) >= 11 is 0. The second-order valence-electron chi connectivity index (χ2n) is 7.29. The van der Waals surface area contributed by atoms with Gasteiger partial charge in [-0.1, -0.05) is 0 Å². The molecule has 2 fully saturated rings. The molecule has 3 aromatic heterocycles. The van der Waals surface area contributed by atoms with Crippen molar-refractivity contribution in [2.75, 3.05) is 18.0 Å². The van der Waals surface area contributed by atoms with Gasteiger partial charge in [0, 0.05) is 44.4 Å². The van der Waals surface area contributed by atoms with Crippen molar-refractivity contribution in [3.63, 3.8) is 0 Å². The molecular formula is C18H21N7O. The molecule has 1 aliphatic heterocycles. The zero-order valence-corrected chi connectivity index (χ0v) is 14.7. The molecule has 0 atom stereocenters. The Bertz CT molecular complexity index is 1010. The maximum Gasteiger partial charge on any atom is 0.293 e. The number of fused-ring (bicyclic) bond motifs is 1. The van der Waals surface area contributed by atoms with Crippen molar-refractivity contribution in [3.05, 3.63) is 46.4 Å². The lowest BCUT2D eigenvalue weighted by Gasteiger charge is -2.31. The van der Waals surface area contributed by atoms with E-state index in [1.807, 2.05) is 10.6 Å². The van der Waals surface area contributed by atoms with Crippen LogP contribution in [0.25, 0.3) is 5.65 Å². The van der Waals surface area contributed by atoms with E-state index in [9.17, 15) is 4.79 Å². The summed E-state index contributed by atoms with van der Waals surface area (Å²) in [5.41, 5.74) is 1.91. The highest BCUT2D eigenvalue weighted by Crippen LogP contribution is 2.39. The number of aryl methyl sites for hydroxylation is 1. The summed E-state index contributed by atoms with van der Waals surface area (Å²) in [4.78, 5) is 18.6. The third kappa shape index (κ3) is 2.56. The van der Waals surface area contributed by atoms with Crippen LogP contribution >= 0.6 is 0 Å². The summed E-state index contributed by atoms with van der Waals surface area (Å²) in [5.74, 6) is 2.39. The Hall–Kier alpha value is -2.77. The molecule has 26 heavy (non-hydrogen) atoms. The van der Waals surface area contributed by atoms with Gasteiger partial charge in [0.15, 0.2) is 17.3 Å². The molecule has 0 spiro atoms. The number of rotatable bonds is 3. The fraction of sp³-hybridized carbons (Fsp3) is 0.500. The zero-order valence-electron chi connectivity index (χ0n) is 14.7. The van der Waals surface area contributed by atoms with Gasteiger partial charge in [-0.3, -0.25) is 4.79 Å². The highest BCUT2D eigenvalue weighted by Gasteiger charge is 2.29. The molecule has 1 aliphatic carbocycles. The quantitative estimate of drug-likeness (QED) is 0.711. The van der Waals surface area contributed by atoms with Gasteiger partial charge in [0.05, 0.1) is 5.69 Å². The fourth-order valence-corrected chi connectivity index (χ4v) is 3.72. The second kappa shape index (κ2) is 5.89. The molecule has 1 saturated carbocycles. The third-order valence-corrected chi connectivity index (χ3v) is 5.46. The number of piperidine rings is 1. The van der Waals surface area contributed by atoms with Crippen molar-refractivity contribution >= 4 is 11.5 Å². The maximum atomic E-state index is 12.3. The molecule has 0 N–H and O–H groups in total. The summed E-state index contributed by atoms with van der Waals surface area (Å²) in [5, 5.41) is 13.5. The second-order valence-corrected chi connectivity index (χ2v) is 7.29. The summed E-state index contributed by atoms with van der Waals surface area (Å²) in [6, 6.07) is 4.09. The van der Waals surface area contributed by atoms with E-state index in [1.165, 1.54) is 12.8 Å². The SMILES string of the molecule is Cn1ccnc(N2CCC(c3nnc4ccc(C5CC5)nn34)CC2)c1=O. The van der Waals surface area contributed by atoms with E-state index < -0.39 is 0 Å². The lowest BCUT2D eigenvalue weighted by molar-refractivity contribution is 0.472. The number of hydrogen-bond donors (Lipinski definition) is 0. The molecule has 3 aromatic rings. The number of aromatic nitrogens is 6. The summed E-state index contributed by atoms with van der Waals surface area (Å²) in [6.45, 7) is 1.57. The van der Waals surface area contributed by atoms with Crippen molar-refractivity contribution in [1.29, 1.82) is 0 Å². The lowest BCUT2D eigenvalue weighted by atomic mass is 9.96. The Labute approximate surface area is 150 Å². The van der Waals surface area contributed by atoms with Crippen molar-refractivity contribution in [3.8, 4) is 0 Å². The van der Waals surface area contributed by atoms with Gasteiger partial charge < -0.3 is 9.47 Å². The Morgan fingerprint density at radius 3 is 2.62 bits per heavy atom. The largest absolute Gasteiger partial charge is 0.352 e. The van der Waals surface area contributed by atoms with E-state index in [0.717, 1.165) is 43.1 Å². The van der Waals surface area contributed by atoms with Crippen molar-refractivity contribution in [2.45, 2.75) is 37.5 Å².